The van der Waals surface area contributed by atoms with Crippen LogP contribution in [0.4, 0.5) is 0 Å². The van der Waals surface area contributed by atoms with Gasteiger partial charge in [-0.2, -0.15) is 0 Å². The number of benzene rings is 1. The van der Waals surface area contributed by atoms with Gasteiger partial charge in [0.05, 0.1) is 5.01 Å². The summed E-state index contributed by atoms with van der Waals surface area (Å²) in [7, 11) is 1.81. The predicted molar refractivity (Wildman–Crippen MR) is 97.2 cm³/mol. The number of fused-ring (bicyclic) bond motifs is 1. The van der Waals surface area contributed by atoms with E-state index in [0.717, 1.165) is 25.5 Å². The van der Waals surface area contributed by atoms with Crippen molar-refractivity contribution in [3.8, 4) is 0 Å². The van der Waals surface area contributed by atoms with Crippen LogP contribution in [-0.2, 0) is 25.8 Å². The topological polar surface area (TPSA) is 49.3 Å². The van der Waals surface area contributed by atoms with Crippen molar-refractivity contribution >= 4 is 17.3 Å². The van der Waals surface area contributed by atoms with E-state index in [4.69, 9.17) is 0 Å². The summed E-state index contributed by atoms with van der Waals surface area (Å²) in [6.07, 6.45) is 6.62. The highest BCUT2D eigenvalue weighted by Crippen LogP contribution is 2.22. The fraction of sp³-hybridized carbons (Fsp3) is 0.444. The molecule has 0 aliphatic heterocycles. The number of thiazole rings is 1. The van der Waals surface area contributed by atoms with Crippen molar-refractivity contribution in [1.29, 1.82) is 0 Å². The lowest BCUT2D eigenvalue weighted by molar-refractivity contribution is 0.791. The molecule has 0 bridgehead atoms. The van der Waals surface area contributed by atoms with Crippen LogP contribution < -0.4 is 10.6 Å². The van der Waals surface area contributed by atoms with Crippen molar-refractivity contribution in [3.63, 3.8) is 0 Å². The van der Waals surface area contributed by atoms with E-state index in [9.17, 15) is 0 Å². The first-order valence-corrected chi connectivity index (χ1v) is 9.03. The Bertz CT molecular complexity index is 690. The number of nitrogens with zero attached hydrogens (tertiary/aromatic N) is 2. The first-order valence-electron chi connectivity index (χ1n) is 8.21. The summed E-state index contributed by atoms with van der Waals surface area (Å²) in [6, 6.07) is 6.84. The lowest BCUT2D eigenvalue weighted by Gasteiger charge is -2.12. The Morgan fingerprint density at radius 2 is 2.13 bits per heavy atom. The second-order valence-corrected chi connectivity index (χ2v) is 7.24. The van der Waals surface area contributed by atoms with Gasteiger partial charge in [-0.1, -0.05) is 18.2 Å². The molecule has 1 aliphatic rings. The van der Waals surface area contributed by atoms with Gasteiger partial charge in [-0.05, 0) is 42.9 Å². The van der Waals surface area contributed by atoms with Gasteiger partial charge >= 0.3 is 0 Å². The second kappa shape index (κ2) is 7.59. The van der Waals surface area contributed by atoms with Crippen molar-refractivity contribution in [2.75, 3.05) is 13.6 Å². The van der Waals surface area contributed by atoms with E-state index in [1.54, 1.807) is 11.3 Å². The highest BCUT2D eigenvalue weighted by Gasteiger charge is 2.10. The molecular formula is C18H24N4S. The summed E-state index contributed by atoms with van der Waals surface area (Å²) in [5, 5.41) is 7.92. The van der Waals surface area contributed by atoms with Crippen LogP contribution in [0.3, 0.4) is 0 Å². The second-order valence-electron chi connectivity index (χ2n) is 5.92. The van der Waals surface area contributed by atoms with Crippen molar-refractivity contribution in [1.82, 2.24) is 15.6 Å². The number of aryl methyl sites for hydroxylation is 3. The van der Waals surface area contributed by atoms with Gasteiger partial charge in [-0.25, -0.2) is 4.98 Å². The van der Waals surface area contributed by atoms with Gasteiger partial charge in [-0.3, -0.25) is 4.99 Å². The minimum Gasteiger partial charge on any atom is -0.356 e. The Hall–Kier alpha value is -1.88. The van der Waals surface area contributed by atoms with Crippen molar-refractivity contribution in [2.24, 2.45) is 4.99 Å². The van der Waals surface area contributed by atoms with Crippen molar-refractivity contribution < 1.29 is 0 Å². The SMILES string of the molecule is CN=C(NCCc1ncc(C)s1)NCc1ccc2c(c1)CCC2. The van der Waals surface area contributed by atoms with Gasteiger partial charge in [-0.15, -0.1) is 11.3 Å². The average Bonchev–Trinajstić information content (AvgIpc) is 3.18. The summed E-state index contributed by atoms with van der Waals surface area (Å²) < 4.78 is 0. The third kappa shape index (κ3) is 4.32. The molecule has 0 saturated carbocycles. The van der Waals surface area contributed by atoms with E-state index >= 15 is 0 Å². The van der Waals surface area contributed by atoms with Gasteiger partial charge in [0.25, 0.3) is 0 Å². The molecule has 1 aromatic heterocycles. The number of hydrogen-bond donors (Lipinski definition) is 2. The van der Waals surface area contributed by atoms with E-state index in [0.29, 0.717) is 0 Å². The van der Waals surface area contributed by atoms with Crippen LogP contribution in [0.25, 0.3) is 0 Å². The fourth-order valence-corrected chi connectivity index (χ4v) is 3.73. The standard InChI is InChI=1S/C18H24N4S/c1-13-11-21-17(23-13)8-9-20-18(19-2)22-12-14-6-7-15-4-3-5-16(15)10-14/h6-7,10-11H,3-5,8-9,12H2,1-2H3,(H2,19,20,22). The smallest absolute Gasteiger partial charge is 0.191 e. The molecule has 5 heteroatoms. The molecule has 3 rings (SSSR count). The van der Waals surface area contributed by atoms with Crippen LogP contribution in [-0.4, -0.2) is 24.5 Å². The van der Waals surface area contributed by atoms with E-state index in [1.807, 2.05) is 13.2 Å². The van der Waals surface area contributed by atoms with Crippen LogP contribution in [0, 0.1) is 6.92 Å². The minimum atomic E-state index is 0.809. The van der Waals surface area contributed by atoms with Crippen molar-refractivity contribution in [2.45, 2.75) is 39.2 Å². The minimum absolute atomic E-state index is 0.809. The molecule has 122 valence electrons. The normalized spacial score (nSPS) is 13.9. The lowest BCUT2D eigenvalue weighted by Crippen LogP contribution is -2.37. The number of aromatic nitrogens is 1. The Kier molecular flexibility index (Phi) is 5.28. The molecule has 0 spiro atoms. The van der Waals surface area contributed by atoms with E-state index in [2.05, 4.69) is 45.7 Å². The van der Waals surface area contributed by atoms with Crippen LogP contribution in [0.1, 0.15) is 33.0 Å². The molecule has 1 heterocycles. The number of aliphatic imine (C=N–C) groups is 1. The molecule has 2 aromatic rings. The van der Waals surface area contributed by atoms with Gasteiger partial charge in [0.1, 0.15) is 0 Å². The summed E-state index contributed by atoms with van der Waals surface area (Å²) in [4.78, 5) is 9.94. The van der Waals surface area contributed by atoms with Gasteiger partial charge in [0.15, 0.2) is 5.96 Å². The molecule has 23 heavy (non-hydrogen) atoms. The quantitative estimate of drug-likeness (QED) is 0.655. The van der Waals surface area contributed by atoms with Crippen LogP contribution >= 0.6 is 11.3 Å². The zero-order valence-electron chi connectivity index (χ0n) is 13.9. The number of hydrogen-bond acceptors (Lipinski definition) is 3. The van der Waals surface area contributed by atoms with E-state index in [-0.39, 0.29) is 0 Å². The Balaban J connectivity index is 1.46. The number of guanidine groups is 1. The first kappa shape index (κ1) is 16.0. The maximum Gasteiger partial charge on any atom is 0.191 e. The summed E-state index contributed by atoms with van der Waals surface area (Å²) in [5.41, 5.74) is 4.37. The third-order valence-electron chi connectivity index (χ3n) is 4.15. The van der Waals surface area contributed by atoms with Crippen LogP contribution in [0.5, 0.6) is 0 Å². The van der Waals surface area contributed by atoms with Crippen LogP contribution in [0.2, 0.25) is 0 Å². The number of rotatable bonds is 5. The lowest BCUT2D eigenvalue weighted by atomic mass is 10.1. The Morgan fingerprint density at radius 3 is 2.91 bits per heavy atom. The maximum absolute atomic E-state index is 4.38. The zero-order chi connectivity index (χ0) is 16.1. The van der Waals surface area contributed by atoms with E-state index in [1.165, 1.54) is 45.8 Å². The molecule has 4 nitrogen and oxygen atoms in total. The molecule has 1 aromatic carbocycles. The monoisotopic (exact) mass is 328 g/mol. The summed E-state index contributed by atoms with van der Waals surface area (Å²) >= 11 is 1.76. The maximum atomic E-state index is 4.38. The molecular weight excluding hydrogens is 304 g/mol. The zero-order valence-corrected chi connectivity index (χ0v) is 14.7. The molecule has 0 saturated heterocycles. The molecule has 2 N–H and O–H groups in total. The molecule has 0 amide bonds. The molecule has 0 fully saturated rings. The molecule has 0 radical (unpaired) electrons. The number of nitrogens with one attached hydrogen (secondary N) is 2. The predicted octanol–water partition coefficient (Wildman–Crippen LogP) is 2.85. The van der Waals surface area contributed by atoms with Crippen molar-refractivity contribution in [3.05, 3.63) is 51.0 Å². The Morgan fingerprint density at radius 1 is 1.26 bits per heavy atom. The molecule has 0 atom stereocenters. The fourth-order valence-electron chi connectivity index (χ4n) is 2.95. The largest absolute Gasteiger partial charge is 0.356 e. The van der Waals surface area contributed by atoms with Gasteiger partial charge in [0.2, 0.25) is 0 Å². The first-order chi connectivity index (χ1) is 11.2. The highest BCUT2D eigenvalue weighted by atomic mass is 32.1. The average molecular weight is 328 g/mol. The Labute approximate surface area is 142 Å². The molecule has 1 aliphatic carbocycles. The van der Waals surface area contributed by atoms with Gasteiger partial charge < -0.3 is 10.6 Å². The summed E-state index contributed by atoms with van der Waals surface area (Å²) in [6.45, 7) is 3.74. The van der Waals surface area contributed by atoms with E-state index < -0.39 is 0 Å². The summed E-state index contributed by atoms with van der Waals surface area (Å²) in [5.74, 6) is 0.846. The van der Waals surface area contributed by atoms with Crippen LogP contribution in [0.15, 0.2) is 29.4 Å². The third-order valence-corrected chi connectivity index (χ3v) is 5.12. The van der Waals surface area contributed by atoms with Gasteiger partial charge in [0, 0.05) is 37.6 Å². The molecule has 0 unspecified atom stereocenters. The highest BCUT2D eigenvalue weighted by molar-refractivity contribution is 7.11.